The Morgan fingerprint density at radius 3 is 2.70 bits per heavy atom. The summed E-state index contributed by atoms with van der Waals surface area (Å²) in [5, 5.41) is 13.2. The molecule has 2 heterocycles. The highest BCUT2D eigenvalue weighted by molar-refractivity contribution is 8.01. The highest BCUT2D eigenvalue weighted by Crippen LogP contribution is 2.32. The lowest BCUT2D eigenvalue weighted by Gasteiger charge is -2.05. The van der Waals surface area contributed by atoms with Gasteiger partial charge in [-0.05, 0) is 18.2 Å². The molecule has 2 rings (SSSR count). The molecular formula is C12H18N6S2. The third-order valence-corrected chi connectivity index (χ3v) is 4.51. The molecule has 0 radical (unpaired) electrons. The van der Waals surface area contributed by atoms with Crippen LogP contribution in [0.1, 0.15) is 19.2 Å². The molecule has 0 saturated heterocycles. The Kier molecular flexibility index (Phi) is 5.13. The second-order valence-corrected chi connectivity index (χ2v) is 6.58. The van der Waals surface area contributed by atoms with Gasteiger partial charge in [-0.1, -0.05) is 18.3 Å². The Balaban J connectivity index is 2.20. The average molecular weight is 310 g/mol. The topological polar surface area (TPSA) is 66.8 Å². The van der Waals surface area contributed by atoms with Crippen LogP contribution in [0, 0.1) is 0 Å². The van der Waals surface area contributed by atoms with Crippen LogP contribution in [0.4, 0.5) is 10.9 Å². The van der Waals surface area contributed by atoms with Crippen LogP contribution in [0.25, 0.3) is 0 Å². The zero-order valence-electron chi connectivity index (χ0n) is 12.0. The summed E-state index contributed by atoms with van der Waals surface area (Å²) >= 11 is 3.08. The summed E-state index contributed by atoms with van der Waals surface area (Å²) < 4.78 is 0.886. The SMILES string of the molecule is CCCc1nc(NC)cc(Sc2nnc(N(C)C)s2)n1. The number of hydrogen-bond acceptors (Lipinski definition) is 8. The van der Waals surface area contributed by atoms with Crippen molar-refractivity contribution in [2.75, 3.05) is 31.4 Å². The summed E-state index contributed by atoms with van der Waals surface area (Å²) in [5.74, 6) is 1.70. The number of aromatic nitrogens is 4. The highest BCUT2D eigenvalue weighted by Gasteiger charge is 2.10. The van der Waals surface area contributed by atoms with Gasteiger partial charge >= 0.3 is 0 Å². The summed E-state index contributed by atoms with van der Waals surface area (Å²) in [4.78, 5) is 10.9. The van der Waals surface area contributed by atoms with Crippen LogP contribution in [0.3, 0.4) is 0 Å². The number of nitrogens with one attached hydrogen (secondary N) is 1. The lowest BCUT2D eigenvalue weighted by molar-refractivity contribution is 0.811. The molecule has 0 aliphatic carbocycles. The Morgan fingerprint density at radius 1 is 1.30 bits per heavy atom. The van der Waals surface area contributed by atoms with Gasteiger partial charge in [-0.3, -0.25) is 0 Å². The van der Waals surface area contributed by atoms with E-state index in [0.29, 0.717) is 0 Å². The van der Waals surface area contributed by atoms with Gasteiger partial charge in [-0.25, -0.2) is 9.97 Å². The molecule has 6 nitrogen and oxygen atoms in total. The van der Waals surface area contributed by atoms with Gasteiger partial charge in [0.1, 0.15) is 16.7 Å². The zero-order valence-corrected chi connectivity index (χ0v) is 13.7. The largest absolute Gasteiger partial charge is 0.373 e. The molecule has 108 valence electrons. The molecule has 0 aromatic carbocycles. The maximum Gasteiger partial charge on any atom is 0.208 e. The number of rotatable bonds is 6. The van der Waals surface area contributed by atoms with Crippen molar-refractivity contribution < 1.29 is 0 Å². The van der Waals surface area contributed by atoms with E-state index in [1.807, 2.05) is 32.1 Å². The fourth-order valence-corrected chi connectivity index (χ4v) is 3.23. The first-order valence-corrected chi connectivity index (χ1v) is 8.00. The fraction of sp³-hybridized carbons (Fsp3) is 0.500. The smallest absolute Gasteiger partial charge is 0.208 e. The molecule has 0 saturated carbocycles. The Hall–Kier alpha value is -1.41. The van der Waals surface area contributed by atoms with Gasteiger partial charge in [-0.15, -0.1) is 10.2 Å². The first-order valence-electron chi connectivity index (χ1n) is 6.36. The third kappa shape index (κ3) is 3.80. The minimum atomic E-state index is 0.836. The number of nitrogens with zero attached hydrogens (tertiary/aromatic N) is 5. The molecule has 8 heteroatoms. The normalized spacial score (nSPS) is 10.6. The van der Waals surface area contributed by atoms with Gasteiger partial charge in [0.05, 0.1) is 0 Å². The molecule has 0 fully saturated rings. The zero-order chi connectivity index (χ0) is 14.5. The van der Waals surface area contributed by atoms with Crippen LogP contribution in [-0.4, -0.2) is 41.3 Å². The minimum Gasteiger partial charge on any atom is -0.373 e. The number of aryl methyl sites for hydroxylation is 1. The molecule has 0 bridgehead atoms. The van der Waals surface area contributed by atoms with Crippen LogP contribution in [0.15, 0.2) is 15.4 Å². The second-order valence-electron chi connectivity index (χ2n) is 4.35. The van der Waals surface area contributed by atoms with E-state index in [2.05, 4.69) is 32.4 Å². The van der Waals surface area contributed by atoms with Crippen molar-refractivity contribution in [3.63, 3.8) is 0 Å². The van der Waals surface area contributed by atoms with E-state index in [9.17, 15) is 0 Å². The van der Waals surface area contributed by atoms with Crippen molar-refractivity contribution in [2.24, 2.45) is 0 Å². The lowest BCUT2D eigenvalue weighted by Crippen LogP contribution is -2.07. The lowest BCUT2D eigenvalue weighted by atomic mass is 10.3. The molecule has 2 aromatic heterocycles. The van der Waals surface area contributed by atoms with E-state index < -0.39 is 0 Å². The van der Waals surface area contributed by atoms with E-state index >= 15 is 0 Å². The Bertz CT molecular complexity index is 569. The first kappa shape index (κ1) is 15.0. The van der Waals surface area contributed by atoms with Crippen molar-refractivity contribution in [3.05, 3.63) is 11.9 Å². The van der Waals surface area contributed by atoms with E-state index in [1.165, 1.54) is 11.8 Å². The molecule has 0 spiro atoms. The predicted octanol–water partition coefficient (Wildman–Crippen LogP) is 2.54. The highest BCUT2D eigenvalue weighted by atomic mass is 32.2. The van der Waals surface area contributed by atoms with Gasteiger partial charge in [0.2, 0.25) is 5.13 Å². The molecule has 0 amide bonds. The first-order chi connectivity index (χ1) is 9.62. The maximum atomic E-state index is 4.56. The third-order valence-electron chi connectivity index (χ3n) is 2.45. The van der Waals surface area contributed by atoms with E-state index in [1.54, 1.807) is 11.3 Å². The molecule has 2 aromatic rings. The molecule has 0 atom stereocenters. The van der Waals surface area contributed by atoms with Crippen molar-refractivity contribution in [3.8, 4) is 0 Å². The van der Waals surface area contributed by atoms with E-state index in [0.717, 1.165) is 39.0 Å². The average Bonchev–Trinajstić information content (AvgIpc) is 2.87. The van der Waals surface area contributed by atoms with Crippen LogP contribution >= 0.6 is 23.1 Å². The standard InChI is InChI=1S/C12H18N6S2/c1-5-6-8-14-9(13-2)7-10(15-8)19-12-17-16-11(20-12)18(3)4/h7H,5-6H2,1-4H3,(H,13,14,15). The summed E-state index contributed by atoms with van der Waals surface area (Å²) in [6, 6.07) is 1.93. The maximum absolute atomic E-state index is 4.56. The molecule has 0 unspecified atom stereocenters. The number of hydrogen-bond donors (Lipinski definition) is 1. The molecule has 20 heavy (non-hydrogen) atoms. The summed E-state index contributed by atoms with van der Waals surface area (Å²) in [7, 11) is 5.78. The van der Waals surface area contributed by atoms with E-state index in [4.69, 9.17) is 0 Å². The second kappa shape index (κ2) is 6.85. The van der Waals surface area contributed by atoms with Gasteiger partial charge < -0.3 is 10.2 Å². The molecule has 1 N–H and O–H groups in total. The molecular weight excluding hydrogens is 292 g/mol. The summed E-state index contributed by atoms with van der Waals surface area (Å²) in [6.45, 7) is 2.12. The predicted molar refractivity (Wildman–Crippen MR) is 83.9 cm³/mol. The molecule has 0 aliphatic rings. The van der Waals surface area contributed by atoms with Crippen molar-refractivity contribution in [1.29, 1.82) is 0 Å². The van der Waals surface area contributed by atoms with Crippen molar-refractivity contribution >= 4 is 34.0 Å². The van der Waals surface area contributed by atoms with Gasteiger partial charge in [-0.2, -0.15) is 0 Å². The van der Waals surface area contributed by atoms with Gasteiger partial charge in [0, 0.05) is 33.6 Å². The van der Waals surface area contributed by atoms with Crippen LogP contribution in [0.5, 0.6) is 0 Å². The van der Waals surface area contributed by atoms with Gasteiger partial charge in [0.15, 0.2) is 4.34 Å². The fourth-order valence-electron chi connectivity index (χ4n) is 1.50. The quantitative estimate of drug-likeness (QED) is 0.822. The molecule has 0 aliphatic heterocycles. The summed E-state index contributed by atoms with van der Waals surface area (Å²) in [5.41, 5.74) is 0. The van der Waals surface area contributed by atoms with Crippen molar-refractivity contribution in [2.45, 2.75) is 29.1 Å². The minimum absolute atomic E-state index is 0.836. The Labute approximate surface area is 127 Å². The Morgan fingerprint density at radius 2 is 2.10 bits per heavy atom. The van der Waals surface area contributed by atoms with Crippen LogP contribution < -0.4 is 10.2 Å². The van der Waals surface area contributed by atoms with Crippen LogP contribution in [0.2, 0.25) is 0 Å². The van der Waals surface area contributed by atoms with Crippen LogP contribution in [-0.2, 0) is 6.42 Å². The van der Waals surface area contributed by atoms with Gasteiger partial charge in [0.25, 0.3) is 0 Å². The monoisotopic (exact) mass is 310 g/mol. The van der Waals surface area contributed by atoms with Crippen molar-refractivity contribution in [1.82, 2.24) is 20.2 Å². The van der Waals surface area contributed by atoms with E-state index in [-0.39, 0.29) is 0 Å². The number of anilines is 2. The summed E-state index contributed by atoms with van der Waals surface area (Å²) in [6.07, 6.45) is 1.91.